The number of nitrogens with zero attached hydrogens (tertiary/aromatic N) is 1. The average Bonchev–Trinajstić information content (AvgIpc) is 3.26. The molecule has 0 saturated carbocycles. The molecule has 1 saturated heterocycles. The first-order chi connectivity index (χ1) is 12.1. The lowest BCUT2D eigenvalue weighted by Gasteiger charge is -2.09. The molecule has 1 aliphatic rings. The third-order valence-electron chi connectivity index (χ3n) is 3.58. The van der Waals surface area contributed by atoms with Gasteiger partial charge in [0.2, 0.25) is 0 Å². The Hall–Kier alpha value is -2.26. The van der Waals surface area contributed by atoms with E-state index in [0.29, 0.717) is 23.1 Å². The van der Waals surface area contributed by atoms with Gasteiger partial charge in [0.05, 0.1) is 6.10 Å². The van der Waals surface area contributed by atoms with E-state index in [9.17, 15) is 13.6 Å². The first-order valence-electron chi connectivity index (χ1n) is 7.77. The van der Waals surface area contributed by atoms with Crippen LogP contribution in [0.15, 0.2) is 29.6 Å². The molecule has 1 amide bonds. The van der Waals surface area contributed by atoms with Crippen LogP contribution < -0.4 is 15.4 Å². The van der Waals surface area contributed by atoms with Crippen LogP contribution in [0.3, 0.4) is 0 Å². The maximum atomic E-state index is 12.1. The summed E-state index contributed by atoms with van der Waals surface area (Å²) in [6.07, 6.45) is 2.05. The van der Waals surface area contributed by atoms with Gasteiger partial charge in [-0.3, -0.25) is 4.79 Å². The number of anilines is 2. The summed E-state index contributed by atoms with van der Waals surface area (Å²) >= 11 is 1.28. The first kappa shape index (κ1) is 17.6. The quantitative estimate of drug-likeness (QED) is 0.783. The summed E-state index contributed by atoms with van der Waals surface area (Å²) in [5.74, 6) is -0.172. The normalized spacial score (nSPS) is 16.8. The number of carbonyl (C=O) groups excluding carboxylic acids is 1. The van der Waals surface area contributed by atoms with Gasteiger partial charge in [-0.2, -0.15) is 8.78 Å². The first-order valence-corrected chi connectivity index (χ1v) is 8.65. The molecule has 9 heteroatoms. The number of carbonyl (C=O) groups is 1. The Balaban J connectivity index is 1.53. The SMILES string of the molecule is O=C(NC[C@H]1CCCO1)c1csc(Nc2ccc(OC(F)F)cc2)n1. The maximum Gasteiger partial charge on any atom is 0.387 e. The van der Waals surface area contributed by atoms with Gasteiger partial charge in [0.25, 0.3) is 5.91 Å². The molecule has 1 aromatic carbocycles. The van der Waals surface area contributed by atoms with Gasteiger partial charge in [-0.05, 0) is 37.1 Å². The maximum absolute atomic E-state index is 12.1. The van der Waals surface area contributed by atoms with Gasteiger partial charge in [-0.15, -0.1) is 11.3 Å². The van der Waals surface area contributed by atoms with E-state index >= 15 is 0 Å². The molecule has 0 radical (unpaired) electrons. The molecule has 1 atom stereocenters. The van der Waals surface area contributed by atoms with Crippen molar-refractivity contribution in [1.29, 1.82) is 0 Å². The summed E-state index contributed by atoms with van der Waals surface area (Å²) in [6, 6.07) is 6.04. The fourth-order valence-corrected chi connectivity index (χ4v) is 3.09. The van der Waals surface area contributed by atoms with Gasteiger partial charge in [0.1, 0.15) is 11.4 Å². The third-order valence-corrected chi connectivity index (χ3v) is 4.34. The van der Waals surface area contributed by atoms with E-state index < -0.39 is 6.61 Å². The van der Waals surface area contributed by atoms with Crippen LogP contribution in [0.1, 0.15) is 23.3 Å². The van der Waals surface area contributed by atoms with Crippen LogP contribution in [-0.4, -0.2) is 36.8 Å². The summed E-state index contributed by atoms with van der Waals surface area (Å²) in [7, 11) is 0. The minimum atomic E-state index is -2.85. The van der Waals surface area contributed by atoms with E-state index in [0.717, 1.165) is 19.4 Å². The Bertz CT molecular complexity index is 703. The Labute approximate surface area is 147 Å². The van der Waals surface area contributed by atoms with Crippen LogP contribution in [0.5, 0.6) is 5.75 Å². The largest absolute Gasteiger partial charge is 0.435 e. The Kier molecular flexibility index (Phi) is 5.77. The summed E-state index contributed by atoms with van der Waals surface area (Å²) in [5, 5.41) is 8.01. The zero-order valence-electron chi connectivity index (χ0n) is 13.2. The summed E-state index contributed by atoms with van der Waals surface area (Å²) in [6.45, 7) is -1.63. The smallest absolute Gasteiger partial charge is 0.387 e. The van der Waals surface area contributed by atoms with Gasteiger partial charge in [-0.25, -0.2) is 4.98 Å². The van der Waals surface area contributed by atoms with Crippen molar-refractivity contribution < 1.29 is 23.0 Å². The molecule has 1 aromatic heterocycles. The van der Waals surface area contributed by atoms with Gasteiger partial charge >= 0.3 is 6.61 Å². The average molecular weight is 369 g/mol. The topological polar surface area (TPSA) is 72.5 Å². The van der Waals surface area contributed by atoms with Crippen molar-refractivity contribution in [3.8, 4) is 5.75 Å². The number of aromatic nitrogens is 1. The second kappa shape index (κ2) is 8.21. The van der Waals surface area contributed by atoms with Crippen LogP contribution in [-0.2, 0) is 4.74 Å². The van der Waals surface area contributed by atoms with Gasteiger partial charge in [0, 0.05) is 24.2 Å². The number of benzene rings is 1. The van der Waals surface area contributed by atoms with E-state index in [-0.39, 0.29) is 17.8 Å². The highest BCUT2D eigenvalue weighted by atomic mass is 32.1. The number of halogens is 2. The molecule has 2 heterocycles. The van der Waals surface area contributed by atoms with Crippen molar-refractivity contribution in [2.45, 2.75) is 25.6 Å². The monoisotopic (exact) mass is 369 g/mol. The molecule has 2 N–H and O–H groups in total. The lowest BCUT2D eigenvalue weighted by Crippen LogP contribution is -2.31. The fraction of sp³-hybridized carbons (Fsp3) is 0.375. The van der Waals surface area contributed by atoms with Crippen LogP contribution >= 0.6 is 11.3 Å². The molecule has 3 rings (SSSR count). The van der Waals surface area contributed by atoms with Crippen molar-refractivity contribution in [1.82, 2.24) is 10.3 Å². The number of thiazole rings is 1. The zero-order valence-corrected chi connectivity index (χ0v) is 14.0. The molecule has 1 aliphatic heterocycles. The second-order valence-corrected chi connectivity index (χ2v) is 6.27. The number of ether oxygens (including phenoxy) is 2. The predicted molar refractivity (Wildman–Crippen MR) is 89.8 cm³/mol. The Morgan fingerprint density at radius 3 is 2.88 bits per heavy atom. The van der Waals surface area contributed by atoms with Gasteiger partial charge in [0.15, 0.2) is 5.13 Å². The standard InChI is InChI=1S/C16H17F2N3O3S/c17-15(18)24-11-5-3-10(4-6-11)20-16-21-13(9-25-16)14(22)19-8-12-2-1-7-23-12/h3-6,9,12,15H,1-2,7-8H2,(H,19,22)(H,20,21)/t12-/m1/s1. The minimum Gasteiger partial charge on any atom is -0.435 e. The van der Waals surface area contributed by atoms with Crippen molar-refractivity contribution >= 4 is 28.1 Å². The molecule has 0 aliphatic carbocycles. The van der Waals surface area contributed by atoms with Gasteiger partial charge in [-0.1, -0.05) is 0 Å². The van der Waals surface area contributed by atoms with E-state index in [4.69, 9.17) is 4.74 Å². The van der Waals surface area contributed by atoms with Crippen LogP contribution in [0.25, 0.3) is 0 Å². The summed E-state index contributed by atoms with van der Waals surface area (Å²) in [5.41, 5.74) is 0.977. The Morgan fingerprint density at radius 1 is 1.40 bits per heavy atom. The van der Waals surface area contributed by atoms with E-state index in [1.807, 2.05) is 0 Å². The third kappa shape index (κ3) is 5.10. The van der Waals surface area contributed by atoms with E-state index in [2.05, 4.69) is 20.4 Å². The molecule has 25 heavy (non-hydrogen) atoms. The molecule has 0 bridgehead atoms. The number of alkyl halides is 2. The zero-order chi connectivity index (χ0) is 17.6. The summed E-state index contributed by atoms with van der Waals surface area (Å²) in [4.78, 5) is 16.3. The van der Waals surface area contributed by atoms with Crippen LogP contribution in [0.4, 0.5) is 19.6 Å². The molecule has 1 fully saturated rings. The fourth-order valence-electron chi connectivity index (χ4n) is 2.38. The van der Waals surface area contributed by atoms with E-state index in [1.54, 1.807) is 17.5 Å². The lowest BCUT2D eigenvalue weighted by molar-refractivity contribution is -0.0498. The van der Waals surface area contributed by atoms with Crippen LogP contribution in [0, 0.1) is 0 Å². The number of rotatable bonds is 7. The summed E-state index contributed by atoms with van der Waals surface area (Å²) < 4.78 is 34.0. The van der Waals surface area contributed by atoms with Crippen molar-refractivity contribution in [3.05, 3.63) is 35.3 Å². The molecule has 0 unspecified atom stereocenters. The van der Waals surface area contributed by atoms with E-state index in [1.165, 1.54) is 23.5 Å². The Morgan fingerprint density at radius 2 is 2.20 bits per heavy atom. The van der Waals surface area contributed by atoms with Crippen molar-refractivity contribution in [3.63, 3.8) is 0 Å². The highest BCUT2D eigenvalue weighted by Crippen LogP contribution is 2.23. The number of hydrogen-bond donors (Lipinski definition) is 2. The number of nitrogens with one attached hydrogen (secondary N) is 2. The molecule has 0 spiro atoms. The van der Waals surface area contributed by atoms with Crippen molar-refractivity contribution in [2.75, 3.05) is 18.5 Å². The molecule has 6 nitrogen and oxygen atoms in total. The molecule has 2 aromatic rings. The lowest BCUT2D eigenvalue weighted by atomic mass is 10.2. The number of hydrogen-bond acceptors (Lipinski definition) is 6. The number of amides is 1. The highest BCUT2D eigenvalue weighted by Gasteiger charge is 2.18. The predicted octanol–water partition coefficient (Wildman–Crippen LogP) is 3.40. The second-order valence-electron chi connectivity index (χ2n) is 5.41. The molecular weight excluding hydrogens is 352 g/mol. The molecule has 134 valence electrons. The van der Waals surface area contributed by atoms with Crippen LogP contribution in [0.2, 0.25) is 0 Å². The van der Waals surface area contributed by atoms with Gasteiger partial charge < -0.3 is 20.1 Å². The highest BCUT2D eigenvalue weighted by molar-refractivity contribution is 7.14. The van der Waals surface area contributed by atoms with Crippen molar-refractivity contribution in [2.24, 2.45) is 0 Å². The minimum absolute atomic E-state index is 0.0777. The molecular formula is C16H17F2N3O3S.